The van der Waals surface area contributed by atoms with Gasteiger partial charge in [-0.05, 0) is 74.4 Å². The molecule has 1 aliphatic carbocycles. The van der Waals surface area contributed by atoms with Gasteiger partial charge in [0.2, 0.25) is 0 Å². The van der Waals surface area contributed by atoms with Crippen molar-refractivity contribution in [3.8, 4) is 0 Å². The Bertz CT molecular complexity index is 599. The molecule has 1 heterocycles. The molecule has 112 valence electrons. The average Bonchev–Trinajstić information content (AvgIpc) is 3.11. The molecule has 2 aromatic rings. The molecule has 1 aliphatic rings. The molecule has 1 atom stereocenters. The van der Waals surface area contributed by atoms with Crippen LogP contribution in [-0.4, -0.2) is 6.54 Å². The summed E-state index contributed by atoms with van der Waals surface area (Å²) in [6, 6.07) is 12.1. The zero-order valence-corrected chi connectivity index (χ0v) is 13.9. The van der Waals surface area contributed by atoms with E-state index in [0.717, 1.165) is 13.0 Å². The van der Waals surface area contributed by atoms with E-state index in [2.05, 4.69) is 49.5 Å². The standard InChI is InChI=1S/C19H25NS/c1-3-11-20-18(19-10-7-14(2)21-19)13-15-8-9-16-5-4-6-17(16)12-15/h7-10,12,18,20H,3-6,11,13H2,1-2H3. The molecule has 2 heteroatoms. The lowest BCUT2D eigenvalue weighted by Crippen LogP contribution is -2.23. The van der Waals surface area contributed by atoms with Crippen molar-refractivity contribution in [1.82, 2.24) is 5.32 Å². The van der Waals surface area contributed by atoms with Crippen molar-refractivity contribution in [1.29, 1.82) is 0 Å². The van der Waals surface area contributed by atoms with Crippen molar-refractivity contribution in [2.45, 2.75) is 52.0 Å². The molecule has 1 aromatic heterocycles. The van der Waals surface area contributed by atoms with Crippen LogP contribution in [0.4, 0.5) is 0 Å². The van der Waals surface area contributed by atoms with Gasteiger partial charge in [0.15, 0.2) is 0 Å². The summed E-state index contributed by atoms with van der Waals surface area (Å²) in [6.45, 7) is 5.52. The molecular formula is C19H25NS. The topological polar surface area (TPSA) is 12.0 Å². The normalized spacial score (nSPS) is 15.1. The molecular weight excluding hydrogens is 274 g/mol. The quantitative estimate of drug-likeness (QED) is 0.805. The maximum Gasteiger partial charge on any atom is 0.0455 e. The molecule has 0 amide bonds. The summed E-state index contributed by atoms with van der Waals surface area (Å²) in [5.74, 6) is 0. The Kier molecular flexibility index (Phi) is 4.77. The van der Waals surface area contributed by atoms with E-state index in [4.69, 9.17) is 0 Å². The molecule has 0 saturated heterocycles. The van der Waals surface area contributed by atoms with Gasteiger partial charge in [0.1, 0.15) is 0 Å². The first-order valence-corrected chi connectivity index (χ1v) is 8.98. The van der Waals surface area contributed by atoms with Crippen LogP contribution >= 0.6 is 11.3 Å². The Morgan fingerprint density at radius 3 is 2.76 bits per heavy atom. The minimum absolute atomic E-state index is 0.461. The van der Waals surface area contributed by atoms with Crippen LogP contribution in [0, 0.1) is 6.92 Å². The number of benzene rings is 1. The van der Waals surface area contributed by atoms with Crippen LogP contribution < -0.4 is 5.32 Å². The highest BCUT2D eigenvalue weighted by atomic mass is 32.1. The molecule has 1 nitrogen and oxygen atoms in total. The third-order valence-electron chi connectivity index (χ3n) is 4.35. The van der Waals surface area contributed by atoms with Crippen LogP contribution in [0.25, 0.3) is 0 Å². The first kappa shape index (κ1) is 14.8. The highest BCUT2D eigenvalue weighted by molar-refractivity contribution is 7.12. The lowest BCUT2D eigenvalue weighted by atomic mass is 10.00. The van der Waals surface area contributed by atoms with Gasteiger partial charge in [-0.1, -0.05) is 25.1 Å². The fraction of sp³-hybridized carbons (Fsp3) is 0.474. The summed E-state index contributed by atoms with van der Waals surface area (Å²) in [6.07, 6.45) is 6.17. The van der Waals surface area contributed by atoms with Gasteiger partial charge in [-0.3, -0.25) is 0 Å². The fourth-order valence-electron chi connectivity index (χ4n) is 3.22. The van der Waals surface area contributed by atoms with Gasteiger partial charge < -0.3 is 5.32 Å². The van der Waals surface area contributed by atoms with Crippen molar-refractivity contribution >= 4 is 11.3 Å². The summed E-state index contributed by atoms with van der Waals surface area (Å²) in [5, 5.41) is 3.73. The third kappa shape index (κ3) is 3.56. The van der Waals surface area contributed by atoms with E-state index in [1.807, 2.05) is 11.3 Å². The van der Waals surface area contributed by atoms with Gasteiger partial charge in [0.25, 0.3) is 0 Å². The van der Waals surface area contributed by atoms with Crippen LogP contribution in [0.15, 0.2) is 30.3 Å². The Hall–Kier alpha value is -1.12. The van der Waals surface area contributed by atoms with Crippen molar-refractivity contribution in [2.75, 3.05) is 6.54 Å². The fourth-order valence-corrected chi connectivity index (χ4v) is 4.17. The van der Waals surface area contributed by atoms with E-state index >= 15 is 0 Å². The predicted octanol–water partition coefficient (Wildman–Crippen LogP) is 4.83. The van der Waals surface area contributed by atoms with Crippen molar-refractivity contribution in [3.05, 3.63) is 56.8 Å². The molecule has 0 bridgehead atoms. The zero-order valence-electron chi connectivity index (χ0n) is 13.1. The number of aryl methyl sites for hydroxylation is 3. The summed E-state index contributed by atoms with van der Waals surface area (Å²) in [5.41, 5.74) is 4.64. The van der Waals surface area contributed by atoms with E-state index in [1.165, 1.54) is 41.0 Å². The molecule has 0 saturated carbocycles. The molecule has 1 N–H and O–H groups in total. The van der Waals surface area contributed by atoms with Gasteiger partial charge in [-0.15, -0.1) is 11.3 Å². The molecule has 3 rings (SSSR count). The minimum atomic E-state index is 0.461. The van der Waals surface area contributed by atoms with E-state index in [0.29, 0.717) is 6.04 Å². The SMILES string of the molecule is CCCNC(Cc1ccc2c(c1)CCC2)c1ccc(C)s1. The van der Waals surface area contributed by atoms with Gasteiger partial charge in [-0.25, -0.2) is 0 Å². The van der Waals surface area contributed by atoms with Crippen LogP contribution in [0.2, 0.25) is 0 Å². The molecule has 1 aromatic carbocycles. The summed E-state index contributed by atoms with van der Waals surface area (Å²) in [4.78, 5) is 2.88. The summed E-state index contributed by atoms with van der Waals surface area (Å²) >= 11 is 1.93. The third-order valence-corrected chi connectivity index (χ3v) is 5.46. The Morgan fingerprint density at radius 2 is 2.00 bits per heavy atom. The molecule has 1 unspecified atom stereocenters. The number of rotatable bonds is 6. The second-order valence-electron chi connectivity index (χ2n) is 6.12. The summed E-state index contributed by atoms with van der Waals surface area (Å²) in [7, 11) is 0. The maximum atomic E-state index is 3.73. The van der Waals surface area contributed by atoms with E-state index < -0.39 is 0 Å². The second-order valence-corrected chi connectivity index (χ2v) is 7.44. The monoisotopic (exact) mass is 299 g/mol. The van der Waals surface area contributed by atoms with Gasteiger partial charge in [0, 0.05) is 15.8 Å². The minimum Gasteiger partial charge on any atom is -0.309 e. The highest BCUT2D eigenvalue weighted by Crippen LogP contribution is 2.28. The largest absolute Gasteiger partial charge is 0.309 e. The molecule has 0 aliphatic heterocycles. The van der Waals surface area contributed by atoms with Crippen LogP contribution in [0.3, 0.4) is 0 Å². The Labute approximate surface area is 132 Å². The van der Waals surface area contributed by atoms with Gasteiger partial charge >= 0.3 is 0 Å². The van der Waals surface area contributed by atoms with Crippen molar-refractivity contribution < 1.29 is 0 Å². The Morgan fingerprint density at radius 1 is 1.14 bits per heavy atom. The lowest BCUT2D eigenvalue weighted by molar-refractivity contribution is 0.536. The number of hydrogen-bond acceptors (Lipinski definition) is 2. The van der Waals surface area contributed by atoms with E-state index in [9.17, 15) is 0 Å². The predicted molar refractivity (Wildman–Crippen MR) is 92.3 cm³/mol. The maximum absolute atomic E-state index is 3.73. The zero-order chi connectivity index (χ0) is 14.7. The van der Waals surface area contributed by atoms with Crippen molar-refractivity contribution in [2.24, 2.45) is 0 Å². The van der Waals surface area contributed by atoms with E-state index in [-0.39, 0.29) is 0 Å². The number of thiophene rings is 1. The molecule has 0 radical (unpaired) electrons. The van der Waals surface area contributed by atoms with Gasteiger partial charge in [-0.2, -0.15) is 0 Å². The van der Waals surface area contributed by atoms with Crippen LogP contribution in [0.5, 0.6) is 0 Å². The number of fused-ring (bicyclic) bond motifs is 1. The number of hydrogen-bond donors (Lipinski definition) is 1. The van der Waals surface area contributed by atoms with Gasteiger partial charge in [0.05, 0.1) is 0 Å². The van der Waals surface area contributed by atoms with Crippen LogP contribution in [0.1, 0.15) is 52.3 Å². The van der Waals surface area contributed by atoms with E-state index in [1.54, 1.807) is 11.1 Å². The first-order valence-electron chi connectivity index (χ1n) is 8.16. The van der Waals surface area contributed by atoms with Crippen LogP contribution in [-0.2, 0) is 19.3 Å². The first-order chi connectivity index (χ1) is 10.3. The van der Waals surface area contributed by atoms with Crippen molar-refractivity contribution in [3.63, 3.8) is 0 Å². The summed E-state index contributed by atoms with van der Waals surface area (Å²) < 4.78 is 0. The highest BCUT2D eigenvalue weighted by Gasteiger charge is 2.16. The number of nitrogens with one attached hydrogen (secondary N) is 1. The lowest BCUT2D eigenvalue weighted by Gasteiger charge is -2.18. The molecule has 0 fully saturated rings. The average molecular weight is 299 g/mol. The smallest absolute Gasteiger partial charge is 0.0455 e. The molecule has 0 spiro atoms. The second kappa shape index (κ2) is 6.76. The Balaban J connectivity index is 1.77. The molecule has 21 heavy (non-hydrogen) atoms.